The van der Waals surface area contributed by atoms with Gasteiger partial charge in [0.15, 0.2) is 5.76 Å². The molecule has 0 aliphatic carbocycles. The molecule has 1 N–H and O–H groups in total. The van der Waals surface area contributed by atoms with Gasteiger partial charge in [-0.05, 0) is 18.2 Å². The molecule has 0 fully saturated rings. The first-order chi connectivity index (χ1) is 8.36. The number of rotatable bonds is 2. The smallest absolute Gasteiger partial charge is 0.223 e. The summed E-state index contributed by atoms with van der Waals surface area (Å²) >= 11 is 0. The summed E-state index contributed by atoms with van der Waals surface area (Å²) in [5, 5.41) is 3.98. The lowest BCUT2D eigenvalue weighted by molar-refractivity contribution is 0.628. The van der Waals surface area contributed by atoms with Crippen LogP contribution >= 0.6 is 0 Å². The Morgan fingerprint density at radius 3 is 2.88 bits per heavy atom. The standard InChI is InChI=1S/C13H11N3O/c1-14-13-15-7-6-10(16-13)12-8-9-4-2-3-5-11(9)17-12/h2-8H,1H3,(H,14,15,16). The molecular weight excluding hydrogens is 214 g/mol. The molecule has 0 aliphatic heterocycles. The van der Waals surface area contributed by atoms with E-state index in [1.54, 1.807) is 13.2 Å². The number of hydrogen-bond donors (Lipinski definition) is 1. The Morgan fingerprint density at radius 2 is 2.06 bits per heavy atom. The molecule has 17 heavy (non-hydrogen) atoms. The second kappa shape index (κ2) is 3.90. The van der Waals surface area contributed by atoms with Crippen LogP contribution in [-0.2, 0) is 0 Å². The fourth-order valence-corrected chi connectivity index (χ4v) is 1.72. The normalized spacial score (nSPS) is 10.6. The Hall–Kier alpha value is -2.36. The third-order valence-corrected chi connectivity index (χ3v) is 2.56. The molecule has 84 valence electrons. The van der Waals surface area contributed by atoms with E-state index in [0.717, 1.165) is 22.4 Å². The van der Waals surface area contributed by atoms with Crippen molar-refractivity contribution in [3.8, 4) is 11.5 Å². The molecule has 0 radical (unpaired) electrons. The monoisotopic (exact) mass is 225 g/mol. The molecule has 2 heterocycles. The maximum Gasteiger partial charge on any atom is 0.223 e. The predicted octanol–water partition coefficient (Wildman–Crippen LogP) is 2.93. The van der Waals surface area contributed by atoms with E-state index in [-0.39, 0.29) is 0 Å². The molecule has 4 nitrogen and oxygen atoms in total. The summed E-state index contributed by atoms with van der Waals surface area (Å²) in [6.45, 7) is 0. The molecule has 0 unspecified atom stereocenters. The molecule has 4 heteroatoms. The van der Waals surface area contributed by atoms with Crippen LogP contribution < -0.4 is 5.32 Å². The van der Waals surface area contributed by atoms with Gasteiger partial charge >= 0.3 is 0 Å². The van der Waals surface area contributed by atoms with Gasteiger partial charge in [0.05, 0.1) is 0 Å². The maximum absolute atomic E-state index is 5.74. The Kier molecular flexibility index (Phi) is 2.26. The van der Waals surface area contributed by atoms with Crippen LogP contribution in [0.1, 0.15) is 0 Å². The van der Waals surface area contributed by atoms with Crippen molar-refractivity contribution in [1.82, 2.24) is 9.97 Å². The molecule has 3 aromatic rings. The van der Waals surface area contributed by atoms with Gasteiger partial charge in [-0.25, -0.2) is 9.97 Å². The molecule has 0 amide bonds. The van der Waals surface area contributed by atoms with Gasteiger partial charge in [0, 0.05) is 18.6 Å². The topological polar surface area (TPSA) is 51.0 Å². The quantitative estimate of drug-likeness (QED) is 0.728. The minimum atomic E-state index is 0.586. The summed E-state index contributed by atoms with van der Waals surface area (Å²) in [4.78, 5) is 8.41. The number of furan rings is 1. The largest absolute Gasteiger partial charge is 0.454 e. The molecule has 0 bridgehead atoms. The van der Waals surface area contributed by atoms with Gasteiger partial charge < -0.3 is 9.73 Å². The van der Waals surface area contributed by atoms with Gasteiger partial charge in [0.1, 0.15) is 11.3 Å². The number of nitrogens with one attached hydrogen (secondary N) is 1. The van der Waals surface area contributed by atoms with Crippen molar-refractivity contribution in [3.63, 3.8) is 0 Å². The molecule has 0 saturated carbocycles. The van der Waals surface area contributed by atoms with E-state index in [2.05, 4.69) is 15.3 Å². The number of anilines is 1. The lowest BCUT2D eigenvalue weighted by Crippen LogP contribution is -1.95. The molecule has 0 aliphatic rings. The van der Waals surface area contributed by atoms with E-state index in [1.807, 2.05) is 36.4 Å². The van der Waals surface area contributed by atoms with E-state index in [9.17, 15) is 0 Å². The van der Waals surface area contributed by atoms with Crippen molar-refractivity contribution < 1.29 is 4.42 Å². The van der Waals surface area contributed by atoms with Gasteiger partial charge in [-0.15, -0.1) is 0 Å². The molecule has 0 atom stereocenters. The maximum atomic E-state index is 5.74. The molecule has 0 saturated heterocycles. The van der Waals surface area contributed by atoms with E-state index in [4.69, 9.17) is 4.42 Å². The van der Waals surface area contributed by atoms with Crippen molar-refractivity contribution in [2.75, 3.05) is 12.4 Å². The number of para-hydroxylation sites is 1. The highest BCUT2D eigenvalue weighted by molar-refractivity contribution is 5.82. The van der Waals surface area contributed by atoms with Crippen LogP contribution in [0.2, 0.25) is 0 Å². The van der Waals surface area contributed by atoms with Crippen molar-refractivity contribution in [1.29, 1.82) is 0 Å². The second-order valence-electron chi connectivity index (χ2n) is 3.66. The van der Waals surface area contributed by atoms with Gasteiger partial charge in [-0.1, -0.05) is 18.2 Å². The van der Waals surface area contributed by atoms with Crippen molar-refractivity contribution >= 4 is 16.9 Å². The van der Waals surface area contributed by atoms with Crippen LogP contribution in [0.25, 0.3) is 22.4 Å². The minimum absolute atomic E-state index is 0.586. The van der Waals surface area contributed by atoms with Crippen LogP contribution in [0, 0.1) is 0 Å². The third-order valence-electron chi connectivity index (χ3n) is 2.56. The first-order valence-corrected chi connectivity index (χ1v) is 5.36. The Balaban J connectivity index is 2.13. The molecule has 1 aromatic carbocycles. The van der Waals surface area contributed by atoms with E-state index >= 15 is 0 Å². The summed E-state index contributed by atoms with van der Waals surface area (Å²) < 4.78 is 5.74. The average Bonchev–Trinajstić information content (AvgIpc) is 2.82. The summed E-state index contributed by atoms with van der Waals surface area (Å²) in [5.41, 5.74) is 1.65. The fourth-order valence-electron chi connectivity index (χ4n) is 1.72. The fraction of sp³-hybridized carbons (Fsp3) is 0.0769. The van der Waals surface area contributed by atoms with E-state index in [1.165, 1.54) is 0 Å². The number of nitrogens with zero attached hydrogens (tertiary/aromatic N) is 2. The van der Waals surface area contributed by atoms with Crippen LogP contribution in [0.4, 0.5) is 5.95 Å². The molecular formula is C13H11N3O. The van der Waals surface area contributed by atoms with Crippen LogP contribution in [0.5, 0.6) is 0 Å². The van der Waals surface area contributed by atoms with E-state index in [0.29, 0.717) is 5.95 Å². The van der Waals surface area contributed by atoms with Crippen molar-refractivity contribution in [2.45, 2.75) is 0 Å². The van der Waals surface area contributed by atoms with Gasteiger partial charge in [0.25, 0.3) is 0 Å². The highest BCUT2D eigenvalue weighted by Crippen LogP contribution is 2.26. The SMILES string of the molecule is CNc1nccc(-c2cc3ccccc3o2)n1. The third kappa shape index (κ3) is 1.73. The first-order valence-electron chi connectivity index (χ1n) is 5.36. The zero-order valence-electron chi connectivity index (χ0n) is 9.34. The van der Waals surface area contributed by atoms with Gasteiger partial charge in [-0.2, -0.15) is 0 Å². The summed E-state index contributed by atoms with van der Waals surface area (Å²) in [6, 6.07) is 11.7. The minimum Gasteiger partial charge on any atom is -0.454 e. The van der Waals surface area contributed by atoms with Crippen LogP contribution in [-0.4, -0.2) is 17.0 Å². The zero-order chi connectivity index (χ0) is 11.7. The first kappa shape index (κ1) is 9.84. The number of fused-ring (bicyclic) bond motifs is 1. The number of hydrogen-bond acceptors (Lipinski definition) is 4. The van der Waals surface area contributed by atoms with Crippen molar-refractivity contribution in [3.05, 3.63) is 42.6 Å². The number of aromatic nitrogens is 2. The summed E-state index contributed by atoms with van der Waals surface area (Å²) in [6.07, 6.45) is 1.71. The predicted molar refractivity (Wildman–Crippen MR) is 66.8 cm³/mol. The summed E-state index contributed by atoms with van der Waals surface area (Å²) in [5.74, 6) is 1.34. The molecule has 2 aromatic heterocycles. The lowest BCUT2D eigenvalue weighted by atomic mass is 10.2. The average molecular weight is 225 g/mol. The zero-order valence-corrected chi connectivity index (χ0v) is 9.34. The van der Waals surface area contributed by atoms with Crippen LogP contribution in [0.15, 0.2) is 47.0 Å². The van der Waals surface area contributed by atoms with E-state index < -0.39 is 0 Å². The van der Waals surface area contributed by atoms with Crippen LogP contribution in [0.3, 0.4) is 0 Å². The summed E-state index contributed by atoms with van der Waals surface area (Å²) in [7, 11) is 1.79. The van der Waals surface area contributed by atoms with Gasteiger partial charge in [0.2, 0.25) is 5.95 Å². The molecule has 0 spiro atoms. The Morgan fingerprint density at radius 1 is 1.18 bits per heavy atom. The highest BCUT2D eigenvalue weighted by Gasteiger charge is 2.07. The number of benzene rings is 1. The lowest BCUT2D eigenvalue weighted by Gasteiger charge is -1.99. The van der Waals surface area contributed by atoms with Gasteiger partial charge in [-0.3, -0.25) is 0 Å². The van der Waals surface area contributed by atoms with Crippen molar-refractivity contribution in [2.24, 2.45) is 0 Å². The molecule has 3 rings (SSSR count). The second-order valence-corrected chi connectivity index (χ2v) is 3.66. The highest BCUT2D eigenvalue weighted by atomic mass is 16.3. The Labute approximate surface area is 98.3 Å². The Bertz CT molecular complexity index is 627.